The molecule has 1 nitrogen and oxygen atoms in total. The van der Waals surface area contributed by atoms with Crippen molar-refractivity contribution < 1.29 is 4.39 Å². The van der Waals surface area contributed by atoms with E-state index in [1.165, 1.54) is 6.07 Å². The van der Waals surface area contributed by atoms with E-state index in [1.54, 1.807) is 6.07 Å². The van der Waals surface area contributed by atoms with Crippen molar-refractivity contribution in [2.75, 3.05) is 0 Å². The minimum absolute atomic E-state index is 0.231. The monoisotopic (exact) mass is 339 g/mol. The molecule has 0 spiro atoms. The lowest BCUT2D eigenvalue weighted by atomic mass is 10.2. The molecule has 0 aliphatic heterocycles. The van der Waals surface area contributed by atoms with E-state index < -0.39 is 0 Å². The summed E-state index contributed by atoms with van der Waals surface area (Å²) in [6.07, 6.45) is 0.231. The summed E-state index contributed by atoms with van der Waals surface area (Å²) in [6.45, 7) is 0. The molecule has 0 aromatic heterocycles. The van der Waals surface area contributed by atoms with Gasteiger partial charge in [0.05, 0.1) is 12.5 Å². The molecule has 0 radical (unpaired) electrons. The number of hydrogen-bond donors (Lipinski definition) is 0. The summed E-state index contributed by atoms with van der Waals surface area (Å²) in [5, 5.41) is 8.41. The summed E-state index contributed by atoms with van der Waals surface area (Å²) < 4.78 is 14.3. The van der Waals surface area contributed by atoms with Gasteiger partial charge in [0.1, 0.15) is 5.82 Å². The zero-order valence-corrected chi connectivity index (χ0v) is 9.69. The zero-order chi connectivity index (χ0) is 9.14. The van der Waals surface area contributed by atoms with Crippen LogP contribution in [0.15, 0.2) is 16.6 Å². The van der Waals surface area contributed by atoms with Crippen LogP contribution >= 0.6 is 38.5 Å². The fourth-order valence-corrected chi connectivity index (χ4v) is 2.16. The van der Waals surface area contributed by atoms with Gasteiger partial charge in [-0.1, -0.05) is 15.9 Å². The number of hydrogen-bond acceptors (Lipinski definition) is 1. The number of nitriles is 1. The molecule has 1 aromatic rings. The third-order valence-electron chi connectivity index (χ3n) is 1.36. The molecule has 0 fully saturated rings. The first-order valence-corrected chi connectivity index (χ1v) is 5.02. The van der Waals surface area contributed by atoms with Crippen molar-refractivity contribution in [3.05, 3.63) is 31.6 Å². The van der Waals surface area contributed by atoms with Crippen LogP contribution < -0.4 is 0 Å². The third kappa shape index (κ3) is 2.17. The molecule has 0 N–H and O–H groups in total. The Morgan fingerprint density at radius 3 is 2.83 bits per heavy atom. The molecule has 1 aromatic carbocycles. The van der Waals surface area contributed by atoms with E-state index in [0.29, 0.717) is 9.13 Å². The van der Waals surface area contributed by atoms with Gasteiger partial charge in [0.25, 0.3) is 0 Å². The van der Waals surface area contributed by atoms with Crippen LogP contribution in [0, 0.1) is 20.7 Å². The second kappa shape index (κ2) is 4.19. The van der Waals surface area contributed by atoms with Gasteiger partial charge in [-0.15, -0.1) is 0 Å². The van der Waals surface area contributed by atoms with E-state index in [-0.39, 0.29) is 12.2 Å². The van der Waals surface area contributed by atoms with E-state index in [2.05, 4.69) is 15.9 Å². The first-order chi connectivity index (χ1) is 5.65. The highest BCUT2D eigenvalue weighted by atomic mass is 127. The molecule has 0 aliphatic rings. The van der Waals surface area contributed by atoms with E-state index >= 15 is 0 Å². The van der Waals surface area contributed by atoms with Gasteiger partial charge in [-0.2, -0.15) is 5.26 Å². The van der Waals surface area contributed by atoms with Gasteiger partial charge in [0.2, 0.25) is 0 Å². The zero-order valence-electron chi connectivity index (χ0n) is 5.94. The lowest BCUT2D eigenvalue weighted by molar-refractivity contribution is 0.618. The van der Waals surface area contributed by atoms with Crippen LogP contribution in [0.4, 0.5) is 4.39 Å². The van der Waals surface area contributed by atoms with Gasteiger partial charge < -0.3 is 0 Å². The Morgan fingerprint density at radius 2 is 2.25 bits per heavy atom. The topological polar surface area (TPSA) is 23.8 Å². The molecule has 0 saturated heterocycles. The minimum Gasteiger partial charge on any atom is -0.206 e. The van der Waals surface area contributed by atoms with Gasteiger partial charge in [-0.25, -0.2) is 4.39 Å². The summed E-state index contributed by atoms with van der Waals surface area (Å²) in [5.41, 5.74) is 0.690. The Balaban J connectivity index is 3.16. The van der Waals surface area contributed by atoms with Gasteiger partial charge in [-0.05, 0) is 40.3 Å². The number of nitrogens with zero attached hydrogens (tertiary/aromatic N) is 1. The van der Waals surface area contributed by atoms with E-state index in [0.717, 1.165) is 4.47 Å². The second-order valence-electron chi connectivity index (χ2n) is 2.19. The Labute approximate surface area is 91.8 Å². The number of rotatable bonds is 1. The van der Waals surface area contributed by atoms with Crippen LogP contribution in [0.25, 0.3) is 0 Å². The smallest absolute Gasteiger partial charge is 0.136 e. The van der Waals surface area contributed by atoms with E-state index in [4.69, 9.17) is 5.26 Å². The molecule has 0 heterocycles. The lowest BCUT2D eigenvalue weighted by Gasteiger charge is -2.01. The highest BCUT2D eigenvalue weighted by Gasteiger charge is 2.05. The van der Waals surface area contributed by atoms with Gasteiger partial charge >= 0.3 is 0 Å². The first kappa shape index (κ1) is 9.93. The SMILES string of the molecule is N#CCc1cc(F)c(I)cc1Br. The van der Waals surface area contributed by atoms with Crippen molar-refractivity contribution in [1.82, 2.24) is 0 Å². The molecule has 0 aliphatic carbocycles. The molecule has 12 heavy (non-hydrogen) atoms. The van der Waals surface area contributed by atoms with Crippen LogP contribution in [0.5, 0.6) is 0 Å². The minimum atomic E-state index is -0.274. The van der Waals surface area contributed by atoms with E-state index in [1.807, 2.05) is 28.7 Å². The Bertz CT molecular complexity index is 346. The summed E-state index contributed by atoms with van der Waals surface area (Å²) in [7, 11) is 0. The molecule has 0 bridgehead atoms. The molecule has 62 valence electrons. The summed E-state index contributed by atoms with van der Waals surface area (Å²) in [4.78, 5) is 0. The van der Waals surface area contributed by atoms with Crippen molar-refractivity contribution >= 4 is 38.5 Å². The Kier molecular flexibility index (Phi) is 3.47. The fourth-order valence-electron chi connectivity index (χ4n) is 0.784. The maximum absolute atomic E-state index is 12.9. The lowest BCUT2D eigenvalue weighted by Crippen LogP contribution is -1.89. The molecule has 4 heteroatoms. The fraction of sp³-hybridized carbons (Fsp3) is 0.125. The quantitative estimate of drug-likeness (QED) is 0.569. The van der Waals surface area contributed by atoms with Crippen LogP contribution in [-0.4, -0.2) is 0 Å². The third-order valence-corrected chi connectivity index (χ3v) is 2.92. The molecule has 0 unspecified atom stereocenters. The highest BCUT2D eigenvalue weighted by molar-refractivity contribution is 14.1. The number of halogens is 3. The standard InChI is InChI=1S/C8H4BrFIN/c9-6-4-8(11)7(10)3-5(6)1-2-12/h3-4H,1H2. The van der Waals surface area contributed by atoms with Crippen LogP contribution in [-0.2, 0) is 6.42 Å². The van der Waals surface area contributed by atoms with Gasteiger partial charge in [0.15, 0.2) is 0 Å². The first-order valence-electron chi connectivity index (χ1n) is 3.15. The molecular weight excluding hydrogens is 336 g/mol. The van der Waals surface area contributed by atoms with Crippen molar-refractivity contribution in [2.24, 2.45) is 0 Å². The largest absolute Gasteiger partial charge is 0.206 e. The highest BCUT2D eigenvalue weighted by Crippen LogP contribution is 2.22. The molecule has 0 atom stereocenters. The average Bonchev–Trinajstić information content (AvgIpc) is 2.01. The predicted octanol–water partition coefficient (Wildman–Crippen LogP) is 3.26. The maximum atomic E-state index is 12.9. The summed E-state index contributed by atoms with van der Waals surface area (Å²) in [5.74, 6) is -0.274. The second-order valence-corrected chi connectivity index (χ2v) is 4.21. The van der Waals surface area contributed by atoms with Gasteiger partial charge in [-0.3, -0.25) is 0 Å². The van der Waals surface area contributed by atoms with Crippen LogP contribution in [0.1, 0.15) is 5.56 Å². The van der Waals surface area contributed by atoms with Crippen molar-refractivity contribution in [1.29, 1.82) is 5.26 Å². The van der Waals surface area contributed by atoms with Gasteiger partial charge in [0, 0.05) is 8.04 Å². The molecular formula is C8H4BrFIN. The van der Waals surface area contributed by atoms with Crippen molar-refractivity contribution in [3.63, 3.8) is 0 Å². The van der Waals surface area contributed by atoms with Crippen LogP contribution in [0.2, 0.25) is 0 Å². The predicted molar refractivity (Wildman–Crippen MR) is 56.1 cm³/mol. The van der Waals surface area contributed by atoms with Crippen molar-refractivity contribution in [2.45, 2.75) is 6.42 Å². The Hall–Kier alpha value is -0.150. The molecule has 0 amide bonds. The van der Waals surface area contributed by atoms with Crippen LogP contribution in [0.3, 0.4) is 0 Å². The number of benzene rings is 1. The average molecular weight is 340 g/mol. The Morgan fingerprint density at radius 1 is 1.58 bits per heavy atom. The van der Waals surface area contributed by atoms with E-state index in [9.17, 15) is 4.39 Å². The molecule has 1 rings (SSSR count). The maximum Gasteiger partial charge on any atom is 0.136 e. The summed E-state index contributed by atoms with van der Waals surface area (Å²) >= 11 is 5.17. The normalized spacial score (nSPS) is 9.50. The van der Waals surface area contributed by atoms with Crippen molar-refractivity contribution in [3.8, 4) is 6.07 Å². The molecule has 0 saturated carbocycles. The summed E-state index contributed by atoms with van der Waals surface area (Å²) in [6, 6.07) is 5.03.